The van der Waals surface area contributed by atoms with Crippen LogP contribution in [0.3, 0.4) is 0 Å². The fourth-order valence-corrected chi connectivity index (χ4v) is 12.6. The summed E-state index contributed by atoms with van der Waals surface area (Å²) in [7, 11) is 0. The lowest BCUT2D eigenvalue weighted by atomic mass is 9.64. The van der Waals surface area contributed by atoms with Gasteiger partial charge in [0.15, 0.2) is 0 Å². The monoisotopic (exact) mass is 978 g/mol. The number of hydrogen-bond acceptors (Lipinski definition) is 3. The molecular weight excluding hydrogens is 921 g/mol. The van der Waals surface area contributed by atoms with Crippen molar-refractivity contribution in [3.05, 3.63) is 276 Å². The van der Waals surface area contributed by atoms with Crippen LogP contribution >= 0.6 is 0 Å². The number of furan rings is 1. The van der Waals surface area contributed by atoms with Gasteiger partial charge in [-0.05, 0) is 162 Å². The highest BCUT2D eigenvalue weighted by atomic mass is 16.3. The SMILES string of the molecule is CC(C)(C)c1ccc(-c2ccc3oc4c(C(C)(C)C)cc(N(c5cccc(-c6ccc7ccccc7c6)c5)c5ccc6c(c5)C5(c7ccccc7-6)c6ccccc6N(c6ccccc6)c6ccccc65)cc4c3c2)cc1. The molecule has 0 unspecified atom stereocenters. The molecule has 3 nitrogen and oxygen atoms in total. The molecular formula is C73H58N2O. The van der Waals surface area contributed by atoms with Gasteiger partial charge in [-0.1, -0.05) is 205 Å². The van der Waals surface area contributed by atoms with Crippen LogP contribution in [-0.4, -0.2) is 0 Å². The van der Waals surface area contributed by atoms with E-state index in [0.717, 1.165) is 55.8 Å². The van der Waals surface area contributed by atoms with Crippen LogP contribution in [-0.2, 0) is 16.2 Å². The van der Waals surface area contributed by atoms with Crippen molar-refractivity contribution in [2.45, 2.75) is 57.8 Å². The third-order valence-electron chi connectivity index (χ3n) is 16.3. The van der Waals surface area contributed by atoms with E-state index in [1.807, 2.05) is 0 Å². The van der Waals surface area contributed by atoms with E-state index in [1.165, 1.54) is 77.8 Å². The van der Waals surface area contributed by atoms with E-state index in [1.54, 1.807) is 0 Å². The van der Waals surface area contributed by atoms with E-state index in [-0.39, 0.29) is 10.8 Å². The first-order valence-corrected chi connectivity index (χ1v) is 26.7. The van der Waals surface area contributed by atoms with Crippen molar-refractivity contribution in [2.75, 3.05) is 9.80 Å². The van der Waals surface area contributed by atoms with E-state index in [2.05, 4.69) is 294 Å². The number of para-hydroxylation sites is 3. The third kappa shape index (κ3) is 7.09. The molecule has 0 saturated heterocycles. The summed E-state index contributed by atoms with van der Waals surface area (Å²) in [6.07, 6.45) is 0. The minimum atomic E-state index is -0.623. The number of fused-ring (bicyclic) bond motifs is 13. The summed E-state index contributed by atoms with van der Waals surface area (Å²) in [6, 6.07) is 90.5. The second-order valence-electron chi connectivity index (χ2n) is 22.9. The van der Waals surface area contributed by atoms with E-state index >= 15 is 0 Å². The normalized spacial score (nSPS) is 13.5. The van der Waals surface area contributed by atoms with Gasteiger partial charge >= 0.3 is 0 Å². The van der Waals surface area contributed by atoms with Crippen LogP contribution < -0.4 is 9.80 Å². The number of anilines is 6. The van der Waals surface area contributed by atoms with Gasteiger partial charge in [-0.3, -0.25) is 0 Å². The minimum absolute atomic E-state index is 0.0716. The zero-order valence-electron chi connectivity index (χ0n) is 43.9. The number of rotatable bonds is 6. The van der Waals surface area contributed by atoms with Crippen LogP contribution in [0.1, 0.15) is 74.9 Å². The standard InChI is InChI=1S/C73H58N2O/c1-71(2,3)53-36-33-48(34-37-53)52-35-40-69-60(43-52)61-44-57(46-66(70(61)76-69)72(4,5)6)74(55-24-18-21-50(42-55)51-32-31-47-19-10-11-20-49(47)41-51)56-38-39-59-58-25-12-13-26-62(58)73(65(59)45-56)63-27-14-16-29-67(63)75(54-22-8-7-9-23-54)68-30-17-15-28-64(68)73/h7-46H,1-6H3. The summed E-state index contributed by atoms with van der Waals surface area (Å²) in [5.41, 5.74) is 22.5. The summed E-state index contributed by atoms with van der Waals surface area (Å²) >= 11 is 0. The van der Waals surface area contributed by atoms with Gasteiger partial charge in [-0.25, -0.2) is 0 Å². The first-order chi connectivity index (χ1) is 36.9. The molecule has 11 aromatic carbocycles. The van der Waals surface area contributed by atoms with E-state index in [0.29, 0.717) is 0 Å². The first-order valence-electron chi connectivity index (χ1n) is 26.7. The van der Waals surface area contributed by atoms with Gasteiger partial charge in [0, 0.05) is 39.1 Å². The third-order valence-corrected chi connectivity index (χ3v) is 16.3. The molecule has 366 valence electrons. The number of hydrogen-bond donors (Lipinski definition) is 0. The Labute approximate surface area is 446 Å². The fraction of sp³-hybridized carbons (Fsp3) is 0.123. The topological polar surface area (TPSA) is 19.6 Å². The molecule has 2 heterocycles. The molecule has 0 N–H and O–H groups in total. The molecule has 1 aromatic heterocycles. The lowest BCUT2D eigenvalue weighted by molar-refractivity contribution is 0.573. The quantitative estimate of drug-likeness (QED) is 0.166. The maximum atomic E-state index is 6.98. The summed E-state index contributed by atoms with van der Waals surface area (Å²) in [6.45, 7) is 13.7. The Morgan fingerprint density at radius 2 is 0.987 bits per heavy atom. The number of nitrogens with zero attached hydrogens (tertiary/aromatic N) is 2. The van der Waals surface area contributed by atoms with Crippen LogP contribution in [0.25, 0.3) is 66.1 Å². The summed E-state index contributed by atoms with van der Waals surface area (Å²) in [5, 5.41) is 4.66. The highest BCUT2D eigenvalue weighted by Gasteiger charge is 2.52. The smallest absolute Gasteiger partial charge is 0.139 e. The average molecular weight is 979 g/mol. The predicted octanol–water partition coefficient (Wildman–Crippen LogP) is 20.3. The lowest BCUT2D eigenvalue weighted by Gasteiger charge is -2.45. The maximum Gasteiger partial charge on any atom is 0.139 e. The molecule has 0 radical (unpaired) electrons. The molecule has 0 fully saturated rings. The minimum Gasteiger partial charge on any atom is -0.456 e. The second kappa shape index (κ2) is 17.1. The van der Waals surface area contributed by atoms with Gasteiger partial charge in [0.25, 0.3) is 0 Å². The van der Waals surface area contributed by atoms with Crippen molar-refractivity contribution >= 4 is 66.8 Å². The van der Waals surface area contributed by atoms with Crippen molar-refractivity contribution in [1.82, 2.24) is 0 Å². The van der Waals surface area contributed by atoms with Gasteiger partial charge < -0.3 is 14.2 Å². The van der Waals surface area contributed by atoms with Gasteiger partial charge in [-0.2, -0.15) is 0 Å². The fourth-order valence-electron chi connectivity index (χ4n) is 12.6. The highest BCUT2D eigenvalue weighted by molar-refractivity contribution is 6.09. The van der Waals surface area contributed by atoms with Crippen LogP contribution in [0, 0.1) is 0 Å². The van der Waals surface area contributed by atoms with Crippen molar-refractivity contribution in [1.29, 1.82) is 0 Å². The Bertz CT molecular complexity index is 4210. The van der Waals surface area contributed by atoms with Gasteiger partial charge in [0.2, 0.25) is 0 Å². The Morgan fingerprint density at radius 3 is 1.72 bits per heavy atom. The molecule has 0 amide bonds. The molecule has 1 aliphatic carbocycles. The molecule has 0 atom stereocenters. The van der Waals surface area contributed by atoms with Crippen LogP contribution in [0.2, 0.25) is 0 Å². The zero-order chi connectivity index (χ0) is 51.5. The van der Waals surface area contributed by atoms with E-state index in [9.17, 15) is 0 Å². The molecule has 3 heteroatoms. The summed E-state index contributed by atoms with van der Waals surface area (Å²) in [5.74, 6) is 0. The first kappa shape index (κ1) is 45.7. The molecule has 76 heavy (non-hydrogen) atoms. The highest BCUT2D eigenvalue weighted by Crippen LogP contribution is 2.64. The Balaban J connectivity index is 1.03. The lowest BCUT2D eigenvalue weighted by Crippen LogP contribution is -2.36. The van der Waals surface area contributed by atoms with Gasteiger partial charge in [0.1, 0.15) is 11.2 Å². The maximum absolute atomic E-state index is 6.98. The van der Waals surface area contributed by atoms with Crippen LogP contribution in [0.4, 0.5) is 34.1 Å². The van der Waals surface area contributed by atoms with Gasteiger partial charge in [0.05, 0.1) is 16.8 Å². The predicted molar refractivity (Wildman–Crippen MR) is 320 cm³/mol. The van der Waals surface area contributed by atoms with Crippen molar-refractivity contribution in [2.24, 2.45) is 0 Å². The molecule has 12 aromatic rings. The largest absolute Gasteiger partial charge is 0.456 e. The Morgan fingerprint density at radius 1 is 0.382 bits per heavy atom. The Kier molecular flexibility index (Phi) is 10.3. The van der Waals surface area contributed by atoms with Crippen LogP contribution in [0.15, 0.2) is 247 Å². The Hall–Kier alpha value is -8.92. The second-order valence-corrected chi connectivity index (χ2v) is 22.9. The summed E-state index contributed by atoms with van der Waals surface area (Å²) < 4.78 is 6.98. The molecule has 1 aliphatic heterocycles. The van der Waals surface area contributed by atoms with Crippen LogP contribution in [0.5, 0.6) is 0 Å². The van der Waals surface area contributed by atoms with Gasteiger partial charge in [-0.15, -0.1) is 0 Å². The van der Waals surface area contributed by atoms with Crippen molar-refractivity contribution in [3.63, 3.8) is 0 Å². The molecule has 0 bridgehead atoms. The molecule has 1 spiro atoms. The molecule has 2 aliphatic rings. The van der Waals surface area contributed by atoms with E-state index in [4.69, 9.17) is 4.42 Å². The molecule has 0 saturated carbocycles. The molecule has 14 rings (SSSR count). The van der Waals surface area contributed by atoms with Crippen molar-refractivity contribution < 1.29 is 4.42 Å². The van der Waals surface area contributed by atoms with E-state index < -0.39 is 5.41 Å². The summed E-state index contributed by atoms with van der Waals surface area (Å²) in [4.78, 5) is 4.96. The number of benzene rings is 11. The average Bonchev–Trinajstić information content (AvgIpc) is 4.16. The zero-order valence-corrected chi connectivity index (χ0v) is 43.9. The van der Waals surface area contributed by atoms with Crippen molar-refractivity contribution in [3.8, 4) is 33.4 Å².